The first-order chi connectivity index (χ1) is 13.3. The summed E-state index contributed by atoms with van der Waals surface area (Å²) in [6.07, 6.45) is 1.14. The van der Waals surface area contributed by atoms with Gasteiger partial charge in [-0.25, -0.2) is 9.55 Å². The Bertz CT molecular complexity index is 884. The second-order valence-electron chi connectivity index (χ2n) is 6.60. The Morgan fingerprint density at radius 1 is 1.18 bits per heavy atom. The zero-order valence-corrected chi connectivity index (χ0v) is 15.8. The highest BCUT2D eigenvalue weighted by atomic mass is 16.6. The third-order valence-electron chi connectivity index (χ3n) is 4.76. The minimum atomic E-state index is -0.562. The van der Waals surface area contributed by atoms with Crippen LogP contribution in [0.2, 0.25) is 0 Å². The maximum absolute atomic E-state index is 12.3. The third kappa shape index (κ3) is 4.27. The summed E-state index contributed by atoms with van der Waals surface area (Å²) < 4.78 is 1.26. The number of benzene rings is 1. The number of nitrogens with zero attached hydrogens (tertiary/aromatic N) is 5. The van der Waals surface area contributed by atoms with Crippen LogP contribution in [0.1, 0.15) is 12.7 Å². The van der Waals surface area contributed by atoms with Gasteiger partial charge in [0, 0.05) is 51.4 Å². The van der Waals surface area contributed by atoms with E-state index >= 15 is 0 Å². The van der Waals surface area contributed by atoms with Crippen LogP contribution >= 0.6 is 0 Å². The highest BCUT2D eigenvalue weighted by molar-refractivity contribution is 5.91. The van der Waals surface area contributed by atoms with Crippen LogP contribution < -0.4 is 10.2 Å². The van der Waals surface area contributed by atoms with E-state index in [-0.39, 0.29) is 24.2 Å². The van der Waals surface area contributed by atoms with Gasteiger partial charge in [-0.05, 0) is 29.2 Å². The second kappa shape index (κ2) is 8.07. The monoisotopic (exact) mass is 386 g/mol. The molecule has 1 aliphatic rings. The molecule has 10 heteroatoms. The molecule has 1 fully saturated rings. The standard InChI is InChI=1S/C18H22N6O4/c1-13-19-11-18(24(27)28)23(13)12-17(26)20-15-3-5-16(6-4-15)22-9-7-21(8-10-22)14(2)25/h3-6,11H,7-10,12H2,1-2H3,(H,20,26). The molecule has 0 spiro atoms. The van der Waals surface area contributed by atoms with Gasteiger partial charge in [-0.3, -0.25) is 9.59 Å². The van der Waals surface area contributed by atoms with Gasteiger partial charge in [-0.2, -0.15) is 0 Å². The fourth-order valence-corrected chi connectivity index (χ4v) is 3.18. The Kier molecular flexibility index (Phi) is 5.57. The van der Waals surface area contributed by atoms with Crippen LogP contribution in [0.25, 0.3) is 0 Å². The van der Waals surface area contributed by atoms with E-state index in [0.29, 0.717) is 24.6 Å². The highest BCUT2D eigenvalue weighted by Crippen LogP contribution is 2.20. The Labute approximate surface area is 161 Å². The van der Waals surface area contributed by atoms with E-state index in [2.05, 4.69) is 15.2 Å². The van der Waals surface area contributed by atoms with E-state index in [1.54, 1.807) is 26.0 Å². The number of rotatable bonds is 5. The van der Waals surface area contributed by atoms with Crippen molar-refractivity contribution >= 4 is 29.0 Å². The highest BCUT2D eigenvalue weighted by Gasteiger charge is 2.21. The molecule has 148 valence electrons. The third-order valence-corrected chi connectivity index (χ3v) is 4.76. The Hall–Kier alpha value is -3.43. The maximum Gasteiger partial charge on any atom is 0.343 e. The molecule has 0 atom stereocenters. The van der Waals surface area contributed by atoms with E-state index in [0.717, 1.165) is 25.0 Å². The number of nitrogens with one attached hydrogen (secondary N) is 1. The van der Waals surface area contributed by atoms with Crippen molar-refractivity contribution in [2.45, 2.75) is 20.4 Å². The van der Waals surface area contributed by atoms with Crippen molar-refractivity contribution in [3.63, 3.8) is 0 Å². The Morgan fingerprint density at radius 3 is 2.39 bits per heavy atom. The Morgan fingerprint density at radius 2 is 1.82 bits per heavy atom. The van der Waals surface area contributed by atoms with Crippen molar-refractivity contribution in [3.05, 3.63) is 46.4 Å². The molecule has 2 amide bonds. The fourth-order valence-electron chi connectivity index (χ4n) is 3.18. The summed E-state index contributed by atoms with van der Waals surface area (Å²) in [4.78, 5) is 42.0. The summed E-state index contributed by atoms with van der Waals surface area (Å²) in [6.45, 7) is 5.91. The minimum absolute atomic E-state index is 0.0890. The van der Waals surface area contributed by atoms with Gasteiger partial charge in [-0.1, -0.05) is 0 Å². The zero-order valence-electron chi connectivity index (χ0n) is 15.8. The number of aromatic nitrogens is 2. The van der Waals surface area contributed by atoms with Crippen LogP contribution in [0.3, 0.4) is 0 Å². The molecular formula is C18H22N6O4. The van der Waals surface area contributed by atoms with Crippen LogP contribution in [-0.2, 0) is 16.1 Å². The molecule has 2 heterocycles. The summed E-state index contributed by atoms with van der Waals surface area (Å²) >= 11 is 0. The average Bonchev–Trinajstić information content (AvgIpc) is 3.03. The summed E-state index contributed by atoms with van der Waals surface area (Å²) in [6, 6.07) is 7.40. The smallest absolute Gasteiger partial charge is 0.343 e. The molecule has 1 N–H and O–H groups in total. The largest absolute Gasteiger partial charge is 0.368 e. The molecule has 28 heavy (non-hydrogen) atoms. The van der Waals surface area contributed by atoms with Crippen LogP contribution in [0.5, 0.6) is 0 Å². The zero-order chi connectivity index (χ0) is 20.3. The number of nitro groups is 1. The van der Waals surface area contributed by atoms with Crippen molar-refractivity contribution in [2.75, 3.05) is 36.4 Å². The van der Waals surface area contributed by atoms with E-state index in [1.807, 2.05) is 17.0 Å². The van der Waals surface area contributed by atoms with Crippen LogP contribution in [0.4, 0.5) is 17.2 Å². The maximum atomic E-state index is 12.3. The lowest BCUT2D eigenvalue weighted by molar-refractivity contribution is -0.392. The van der Waals surface area contributed by atoms with Gasteiger partial charge < -0.3 is 25.2 Å². The van der Waals surface area contributed by atoms with Crippen molar-refractivity contribution < 1.29 is 14.5 Å². The number of anilines is 2. The van der Waals surface area contributed by atoms with E-state index in [9.17, 15) is 19.7 Å². The van der Waals surface area contributed by atoms with Gasteiger partial charge in [0.2, 0.25) is 5.91 Å². The quantitative estimate of drug-likeness (QED) is 0.614. The number of amides is 2. The van der Waals surface area contributed by atoms with Crippen molar-refractivity contribution in [1.82, 2.24) is 14.5 Å². The Balaban J connectivity index is 1.59. The topological polar surface area (TPSA) is 114 Å². The van der Waals surface area contributed by atoms with Crippen LogP contribution in [0.15, 0.2) is 30.5 Å². The predicted molar refractivity (Wildman–Crippen MR) is 103 cm³/mol. The van der Waals surface area contributed by atoms with E-state index in [4.69, 9.17) is 0 Å². The molecule has 1 saturated heterocycles. The molecule has 0 saturated carbocycles. The molecule has 1 aromatic heterocycles. The molecule has 2 aromatic rings. The number of carbonyl (C=O) groups is 2. The average molecular weight is 386 g/mol. The van der Waals surface area contributed by atoms with E-state index < -0.39 is 4.92 Å². The van der Waals surface area contributed by atoms with Crippen molar-refractivity contribution in [3.8, 4) is 0 Å². The fraction of sp³-hybridized carbons (Fsp3) is 0.389. The summed E-state index contributed by atoms with van der Waals surface area (Å²) in [5.74, 6) is -0.0901. The molecule has 1 aliphatic heterocycles. The van der Waals surface area contributed by atoms with Crippen LogP contribution in [0, 0.1) is 17.0 Å². The number of hydrogen-bond donors (Lipinski definition) is 1. The number of imidazole rings is 1. The summed E-state index contributed by atoms with van der Waals surface area (Å²) in [7, 11) is 0. The number of aryl methyl sites for hydroxylation is 1. The lowest BCUT2D eigenvalue weighted by Gasteiger charge is -2.35. The summed E-state index contributed by atoms with van der Waals surface area (Å²) in [5.41, 5.74) is 1.62. The molecule has 0 aliphatic carbocycles. The first-order valence-corrected chi connectivity index (χ1v) is 8.92. The normalized spacial score (nSPS) is 14.1. The van der Waals surface area contributed by atoms with Gasteiger partial charge in [0.1, 0.15) is 6.20 Å². The van der Waals surface area contributed by atoms with Crippen molar-refractivity contribution in [2.24, 2.45) is 0 Å². The van der Waals surface area contributed by atoms with Gasteiger partial charge >= 0.3 is 5.82 Å². The lowest BCUT2D eigenvalue weighted by Crippen LogP contribution is -2.48. The van der Waals surface area contributed by atoms with E-state index in [1.165, 1.54) is 4.57 Å². The van der Waals surface area contributed by atoms with Gasteiger partial charge in [0.05, 0.1) is 0 Å². The lowest BCUT2D eigenvalue weighted by atomic mass is 10.2. The van der Waals surface area contributed by atoms with Gasteiger partial charge in [-0.15, -0.1) is 0 Å². The summed E-state index contributed by atoms with van der Waals surface area (Å²) in [5, 5.41) is 13.8. The van der Waals surface area contributed by atoms with Crippen LogP contribution in [-0.4, -0.2) is 57.4 Å². The second-order valence-corrected chi connectivity index (χ2v) is 6.60. The predicted octanol–water partition coefficient (Wildman–Crippen LogP) is 1.41. The minimum Gasteiger partial charge on any atom is -0.368 e. The molecule has 10 nitrogen and oxygen atoms in total. The molecular weight excluding hydrogens is 364 g/mol. The molecule has 0 radical (unpaired) electrons. The number of carbonyl (C=O) groups excluding carboxylic acids is 2. The first kappa shape index (κ1) is 19.3. The molecule has 1 aromatic carbocycles. The molecule has 0 unspecified atom stereocenters. The SMILES string of the molecule is CC(=O)N1CCN(c2ccc(NC(=O)Cn3c([N+](=O)[O-])cnc3C)cc2)CC1. The van der Waals surface area contributed by atoms with Gasteiger partial charge in [0.25, 0.3) is 5.91 Å². The van der Waals surface area contributed by atoms with Gasteiger partial charge in [0.15, 0.2) is 12.4 Å². The first-order valence-electron chi connectivity index (χ1n) is 8.92. The number of piperazine rings is 1. The molecule has 3 rings (SSSR count). The number of hydrogen-bond acceptors (Lipinski definition) is 6. The molecule has 0 bridgehead atoms. The van der Waals surface area contributed by atoms with Crippen molar-refractivity contribution in [1.29, 1.82) is 0 Å².